The molecule has 0 amide bonds. The van der Waals surface area contributed by atoms with E-state index in [1.165, 1.54) is 22.3 Å². The fourth-order valence-electron chi connectivity index (χ4n) is 4.61. The SMILES string of the molecule is O=C(c1ccc2c(c1)Cc1ccccc1-2)C1CC2CCC(C1)O2. The predicted molar refractivity (Wildman–Crippen MR) is 89.6 cm³/mol. The summed E-state index contributed by atoms with van der Waals surface area (Å²) in [6.07, 6.45) is 5.68. The minimum absolute atomic E-state index is 0.156. The molecule has 0 saturated carbocycles. The van der Waals surface area contributed by atoms with Crippen molar-refractivity contribution in [3.63, 3.8) is 0 Å². The fraction of sp³-hybridized carbons (Fsp3) is 0.381. The molecule has 2 unspecified atom stereocenters. The molecule has 2 aliphatic heterocycles. The molecule has 2 heteroatoms. The van der Waals surface area contributed by atoms with E-state index in [0.717, 1.165) is 37.7 Å². The number of ketones is 1. The Morgan fingerprint density at radius 3 is 2.48 bits per heavy atom. The Morgan fingerprint density at radius 1 is 0.913 bits per heavy atom. The van der Waals surface area contributed by atoms with Gasteiger partial charge in [-0.1, -0.05) is 36.4 Å². The number of ether oxygens (including phenoxy) is 1. The lowest BCUT2D eigenvalue weighted by atomic mass is 9.87. The van der Waals surface area contributed by atoms with Gasteiger partial charge in [0.2, 0.25) is 0 Å². The summed E-state index contributed by atoms with van der Waals surface area (Å²) in [6, 6.07) is 14.9. The van der Waals surface area contributed by atoms with Gasteiger partial charge in [0.1, 0.15) is 0 Å². The van der Waals surface area contributed by atoms with Gasteiger partial charge in [0, 0.05) is 11.5 Å². The van der Waals surface area contributed by atoms with Crippen LogP contribution in [-0.4, -0.2) is 18.0 Å². The van der Waals surface area contributed by atoms with E-state index in [0.29, 0.717) is 18.0 Å². The van der Waals surface area contributed by atoms with Crippen LogP contribution in [0, 0.1) is 5.92 Å². The van der Waals surface area contributed by atoms with Crippen LogP contribution in [0.1, 0.15) is 47.2 Å². The van der Waals surface area contributed by atoms with Crippen molar-refractivity contribution >= 4 is 5.78 Å². The Bertz CT molecular complexity index is 780. The molecule has 2 nitrogen and oxygen atoms in total. The molecule has 2 aromatic carbocycles. The summed E-state index contributed by atoms with van der Waals surface area (Å²) >= 11 is 0. The third-order valence-corrected chi connectivity index (χ3v) is 5.74. The lowest BCUT2D eigenvalue weighted by Crippen LogP contribution is -2.30. The molecule has 0 N–H and O–H groups in total. The summed E-state index contributed by atoms with van der Waals surface area (Å²) in [6.45, 7) is 0. The first-order valence-electron chi connectivity index (χ1n) is 8.69. The molecule has 0 aromatic heterocycles. The number of hydrogen-bond acceptors (Lipinski definition) is 2. The highest BCUT2D eigenvalue weighted by molar-refractivity contribution is 5.99. The first-order chi connectivity index (χ1) is 11.3. The second-order valence-corrected chi connectivity index (χ2v) is 7.20. The van der Waals surface area contributed by atoms with Gasteiger partial charge in [-0.15, -0.1) is 0 Å². The summed E-state index contributed by atoms with van der Waals surface area (Å²) in [5.74, 6) is 0.479. The van der Waals surface area contributed by atoms with E-state index in [1.54, 1.807) is 0 Å². The number of rotatable bonds is 2. The topological polar surface area (TPSA) is 26.3 Å². The molecule has 2 atom stereocenters. The van der Waals surface area contributed by atoms with Crippen LogP contribution in [0.5, 0.6) is 0 Å². The number of hydrogen-bond donors (Lipinski definition) is 0. The molecule has 2 bridgehead atoms. The van der Waals surface area contributed by atoms with Gasteiger partial charge >= 0.3 is 0 Å². The zero-order valence-electron chi connectivity index (χ0n) is 13.1. The van der Waals surface area contributed by atoms with Crippen molar-refractivity contribution in [2.24, 2.45) is 5.92 Å². The average Bonchev–Trinajstić information content (AvgIpc) is 3.12. The summed E-state index contributed by atoms with van der Waals surface area (Å²) in [5, 5.41) is 0. The lowest BCUT2D eigenvalue weighted by molar-refractivity contribution is -0.0149. The van der Waals surface area contributed by atoms with E-state index >= 15 is 0 Å². The highest BCUT2D eigenvalue weighted by atomic mass is 16.5. The molecule has 23 heavy (non-hydrogen) atoms. The molecule has 1 aliphatic carbocycles. The van der Waals surface area contributed by atoms with Crippen LogP contribution < -0.4 is 0 Å². The van der Waals surface area contributed by atoms with Crippen LogP contribution in [0.3, 0.4) is 0 Å². The quantitative estimate of drug-likeness (QED) is 0.656. The van der Waals surface area contributed by atoms with Crippen molar-refractivity contribution in [1.82, 2.24) is 0 Å². The van der Waals surface area contributed by atoms with Gasteiger partial charge in [-0.25, -0.2) is 0 Å². The third kappa shape index (κ3) is 2.16. The summed E-state index contributed by atoms with van der Waals surface area (Å²) in [7, 11) is 0. The first kappa shape index (κ1) is 13.5. The van der Waals surface area contributed by atoms with Gasteiger partial charge in [-0.05, 0) is 60.4 Å². The Balaban J connectivity index is 1.44. The molecule has 116 valence electrons. The number of carbonyl (C=O) groups excluding carboxylic acids is 1. The second kappa shape index (κ2) is 5.04. The molecule has 2 fully saturated rings. The van der Waals surface area contributed by atoms with Crippen LogP contribution in [0.25, 0.3) is 11.1 Å². The number of fused-ring (bicyclic) bond motifs is 5. The van der Waals surface area contributed by atoms with Gasteiger partial charge in [0.05, 0.1) is 12.2 Å². The minimum atomic E-state index is 0.156. The van der Waals surface area contributed by atoms with Gasteiger partial charge < -0.3 is 4.74 Å². The van der Waals surface area contributed by atoms with Gasteiger partial charge in [-0.2, -0.15) is 0 Å². The van der Waals surface area contributed by atoms with Crippen molar-refractivity contribution in [3.8, 4) is 11.1 Å². The second-order valence-electron chi connectivity index (χ2n) is 7.20. The maximum absolute atomic E-state index is 12.9. The van der Waals surface area contributed by atoms with Crippen LogP contribution >= 0.6 is 0 Å². The molecular formula is C21H20O2. The molecule has 2 saturated heterocycles. The molecule has 5 rings (SSSR count). The van der Waals surface area contributed by atoms with E-state index in [1.807, 2.05) is 6.07 Å². The first-order valence-corrected chi connectivity index (χ1v) is 8.69. The fourth-order valence-corrected chi connectivity index (χ4v) is 4.61. The standard InChI is InChI=1S/C21H20O2/c22-21(16-11-17-6-7-18(12-16)23-17)14-5-8-20-15(10-14)9-13-3-1-2-4-19(13)20/h1-5,8,10,16-18H,6-7,9,11-12H2. The maximum atomic E-state index is 12.9. The molecule has 3 aliphatic rings. The van der Waals surface area contributed by atoms with Gasteiger partial charge in [0.25, 0.3) is 0 Å². The Hall–Kier alpha value is -1.93. The largest absolute Gasteiger partial charge is 0.375 e. The van der Waals surface area contributed by atoms with E-state index in [2.05, 4.69) is 36.4 Å². The summed E-state index contributed by atoms with van der Waals surface area (Å²) in [5.41, 5.74) is 6.18. The van der Waals surface area contributed by atoms with E-state index in [9.17, 15) is 4.79 Å². The van der Waals surface area contributed by atoms with Gasteiger partial charge in [-0.3, -0.25) is 4.79 Å². The van der Waals surface area contributed by atoms with Crippen LogP contribution in [0.15, 0.2) is 42.5 Å². The molecule has 2 heterocycles. The highest BCUT2D eigenvalue weighted by Gasteiger charge is 2.38. The number of Topliss-reactive ketones (excluding diaryl/α,β-unsaturated/α-hetero) is 1. The highest BCUT2D eigenvalue weighted by Crippen LogP contribution is 2.39. The number of benzene rings is 2. The van der Waals surface area contributed by atoms with E-state index in [-0.39, 0.29) is 5.92 Å². The van der Waals surface area contributed by atoms with Gasteiger partial charge in [0.15, 0.2) is 5.78 Å². The van der Waals surface area contributed by atoms with Crippen LogP contribution in [0.2, 0.25) is 0 Å². The lowest BCUT2D eigenvalue weighted by Gasteiger charge is -2.27. The minimum Gasteiger partial charge on any atom is -0.375 e. The van der Waals surface area contributed by atoms with Crippen LogP contribution in [-0.2, 0) is 11.2 Å². The summed E-state index contributed by atoms with van der Waals surface area (Å²) in [4.78, 5) is 12.9. The maximum Gasteiger partial charge on any atom is 0.166 e. The monoisotopic (exact) mass is 304 g/mol. The normalized spacial score (nSPS) is 27.6. The van der Waals surface area contributed by atoms with E-state index < -0.39 is 0 Å². The molecular weight excluding hydrogens is 284 g/mol. The van der Waals surface area contributed by atoms with Crippen molar-refractivity contribution < 1.29 is 9.53 Å². The average molecular weight is 304 g/mol. The third-order valence-electron chi connectivity index (χ3n) is 5.74. The molecule has 0 radical (unpaired) electrons. The molecule has 0 spiro atoms. The van der Waals surface area contributed by atoms with Crippen molar-refractivity contribution in [2.75, 3.05) is 0 Å². The number of carbonyl (C=O) groups is 1. The van der Waals surface area contributed by atoms with Crippen molar-refractivity contribution in [1.29, 1.82) is 0 Å². The molecule has 2 aromatic rings. The zero-order chi connectivity index (χ0) is 15.4. The summed E-state index contributed by atoms with van der Waals surface area (Å²) < 4.78 is 5.88. The Morgan fingerprint density at radius 2 is 1.65 bits per heavy atom. The Labute approximate surface area is 136 Å². The zero-order valence-corrected chi connectivity index (χ0v) is 13.1. The van der Waals surface area contributed by atoms with E-state index in [4.69, 9.17) is 4.74 Å². The van der Waals surface area contributed by atoms with Crippen LogP contribution in [0.4, 0.5) is 0 Å². The predicted octanol–water partition coefficient (Wildman–Crippen LogP) is 4.40. The van der Waals surface area contributed by atoms with Crippen molar-refractivity contribution in [2.45, 2.75) is 44.3 Å². The van der Waals surface area contributed by atoms with Crippen molar-refractivity contribution in [3.05, 3.63) is 59.2 Å². The smallest absolute Gasteiger partial charge is 0.166 e. The Kier molecular flexibility index (Phi) is 2.96.